The summed E-state index contributed by atoms with van der Waals surface area (Å²) in [7, 11) is 1.62. The van der Waals surface area contributed by atoms with Crippen molar-refractivity contribution in [1.29, 1.82) is 0 Å². The highest BCUT2D eigenvalue weighted by molar-refractivity contribution is 9.09. The zero-order valence-corrected chi connectivity index (χ0v) is 10.2. The number of hydrogen-bond acceptors (Lipinski definition) is 1. The number of methoxy groups -OCH3 is 1. The molecule has 0 radical (unpaired) electrons. The van der Waals surface area contributed by atoms with Crippen molar-refractivity contribution in [1.82, 2.24) is 0 Å². The second kappa shape index (κ2) is 5.95. The van der Waals surface area contributed by atoms with Gasteiger partial charge in [-0.1, -0.05) is 39.4 Å². The van der Waals surface area contributed by atoms with Crippen LogP contribution in [0.25, 0.3) is 0 Å². The predicted molar refractivity (Wildman–Crippen MR) is 63.3 cm³/mol. The second-order valence-electron chi connectivity index (χ2n) is 2.59. The highest BCUT2D eigenvalue weighted by Gasteiger charge is 1.99. The molecule has 0 spiro atoms. The van der Waals surface area contributed by atoms with E-state index in [0.717, 1.165) is 23.1 Å². The summed E-state index contributed by atoms with van der Waals surface area (Å²) in [5.74, 6) is 6.79. The third kappa shape index (κ3) is 3.25. The quantitative estimate of drug-likeness (QED) is 0.592. The van der Waals surface area contributed by atoms with E-state index in [1.165, 1.54) is 0 Å². The molecule has 1 rings (SSSR count). The Morgan fingerprint density at radius 3 is 2.93 bits per heavy atom. The highest BCUT2D eigenvalue weighted by atomic mass is 79.9. The molecule has 1 nitrogen and oxygen atoms in total. The summed E-state index contributed by atoms with van der Waals surface area (Å²) in [5.41, 5.74) is 0.834. The van der Waals surface area contributed by atoms with Crippen LogP contribution in [0.2, 0.25) is 5.02 Å². The van der Waals surface area contributed by atoms with E-state index in [2.05, 4.69) is 27.8 Å². The molecule has 74 valence electrons. The first kappa shape index (κ1) is 11.4. The van der Waals surface area contributed by atoms with E-state index < -0.39 is 0 Å². The fourth-order valence-electron chi connectivity index (χ4n) is 0.983. The molecule has 0 fully saturated rings. The topological polar surface area (TPSA) is 9.23 Å². The van der Waals surface area contributed by atoms with Crippen molar-refractivity contribution in [3.05, 3.63) is 28.8 Å². The lowest BCUT2D eigenvalue weighted by molar-refractivity contribution is 0.413. The van der Waals surface area contributed by atoms with Crippen molar-refractivity contribution in [3.8, 4) is 17.6 Å². The van der Waals surface area contributed by atoms with E-state index in [4.69, 9.17) is 16.3 Å². The zero-order chi connectivity index (χ0) is 10.4. The number of hydrogen-bond donors (Lipinski definition) is 0. The van der Waals surface area contributed by atoms with Crippen LogP contribution in [0.1, 0.15) is 12.0 Å². The molecule has 1 aromatic rings. The van der Waals surface area contributed by atoms with Crippen LogP contribution in [0.15, 0.2) is 18.2 Å². The fourth-order valence-corrected chi connectivity index (χ4v) is 1.35. The molecular formula is C11H10BrClO. The van der Waals surface area contributed by atoms with E-state index in [-0.39, 0.29) is 0 Å². The van der Waals surface area contributed by atoms with Crippen molar-refractivity contribution in [2.45, 2.75) is 6.42 Å². The Balaban J connectivity index is 2.94. The smallest absolute Gasteiger partial charge is 0.134 e. The lowest BCUT2D eigenvalue weighted by Crippen LogP contribution is -1.87. The Kier molecular flexibility index (Phi) is 4.86. The van der Waals surface area contributed by atoms with Crippen LogP contribution < -0.4 is 4.74 Å². The Morgan fingerprint density at radius 2 is 2.29 bits per heavy atom. The normalized spacial score (nSPS) is 9.07. The van der Waals surface area contributed by atoms with Gasteiger partial charge in [-0.05, 0) is 18.2 Å². The van der Waals surface area contributed by atoms with E-state index in [9.17, 15) is 0 Å². The van der Waals surface area contributed by atoms with Gasteiger partial charge in [0.25, 0.3) is 0 Å². The first-order valence-electron chi connectivity index (χ1n) is 4.16. The third-order valence-electron chi connectivity index (χ3n) is 1.60. The molecule has 0 amide bonds. The third-order valence-corrected chi connectivity index (χ3v) is 2.24. The summed E-state index contributed by atoms with van der Waals surface area (Å²) in [6, 6.07) is 5.41. The number of ether oxygens (including phenoxy) is 1. The summed E-state index contributed by atoms with van der Waals surface area (Å²) in [4.78, 5) is 0. The standard InChI is InChI=1S/C11H10BrClO/c1-14-11-6-5-10(13)8-9(11)4-2-3-7-12/h5-6,8H,3,7H2,1H3. The average Bonchev–Trinajstić information content (AvgIpc) is 2.19. The summed E-state index contributed by atoms with van der Waals surface area (Å²) in [5, 5.41) is 1.55. The molecule has 3 heteroatoms. The molecule has 0 aliphatic carbocycles. The summed E-state index contributed by atoms with van der Waals surface area (Å²) < 4.78 is 5.16. The van der Waals surface area contributed by atoms with Crippen LogP contribution in [0.3, 0.4) is 0 Å². The Morgan fingerprint density at radius 1 is 1.50 bits per heavy atom. The molecule has 1 aromatic carbocycles. The summed E-state index contributed by atoms with van der Waals surface area (Å²) in [6.45, 7) is 0. The van der Waals surface area contributed by atoms with Gasteiger partial charge in [-0.3, -0.25) is 0 Å². The molecule has 0 atom stereocenters. The average molecular weight is 274 g/mol. The summed E-state index contributed by atoms with van der Waals surface area (Å²) in [6.07, 6.45) is 0.815. The minimum absolute atomic E-state index is 0.675. The van der Waals surface area contributed by atoms with Crippen molar-refractivity contribution in [3.63, 3.8) is 0 Å². The lowest BCUT2D eigenvalue weighted by atomic mass is 10.2. The molecule has 0 aromatic heterocycles. The van der Waals surface area contributed by atoms with E-state index in [1.807, 2.05) is 12.1 Å². The highest BCUT2D eigenvalue weighted by Crippen LogP contribution is 2.21. The Hall–Kier alpha value is -0.650. The molecule has 0 N–H and O–H groups in total. The van der Waals surface area contributed by atoms with Gasteiger partial charge in [-0.25, -0.2) is 0 Å². The largest absolute Gasteiger partial charge is 0.495 e. The maximum atomic E-state index is 5.85. The van der Waals surface area contributed by atoms with Gasteiger partial charge in [-0.2, -0.15) is 0 Å². The van der Waals surface area contributed by atoms with Gasteiger partial charge in [0.1, 0.15) is 5.75 Å². The van der Waals surface area contributed by atoms with Gasteiger partial charge < -0.3 is 4.74 Å². The predicted octanol–water partition coefficient (Wildman–Crippen LogP) is 3.49. The molecule has 0 aliphatic heterocycles. The van der Waals surface area contributed by atoms with Gasteiger partial charge in [0, 0.05) is 16.8 Å². The van der Waals surface area contributed by atoms with Crippen molar-refractivity contribution < 1.29 is 4.74 Å². The number of alkyl halides is 1. The Bertz CT molecular complexity index is 365. The van der Waals surface area contributed by atoms with Crippen LogP contribution in [-0.4, -0.2) is 12.4 Å². The minimum Gasteiger partial charge on any atom is -0.495 e. The molecule has 0 unspecified atom stereocenters. The molecule has 14 heavy (non-hydrogen) atoms. The molecule has 0 saturated heterocycles. The molecule has 0 bridgehead atoms. The molecule has 0 saturated carbocycles. The minimum atomic E-state index is 0.675. The van der Waals surface area contributed by atoms with Gasteiger partial charge in [0.2, 0.25) is 0 Å². The van der Waals surface area contributed by atoms with Crippen LogP contribution in [-0.2, 0) is 0 Å². The van der Waals surface area contributed by atoms with Gasteiger partial charge in [0.05, 0.1) is 12.7 Å². The molecule has 0 heterocycles. The number of rotatable bonds is 2. The first-order chi connectivity index (χ1) is 6.77. The maximum absolute atomic E-state index is 5.85. The van der Waals surface area contributed by atoms with Crippen molar-refractivity contribution in [2.75, 3.05) is 12.4 Å². The molecular weight excluding hydrogens is 263 g/mol. The zero-order valence-electron chi connectivity index (χ0n) is 7.81. The fraction of sp³-hybridized carbons (Fsp3) is 0.273. The lowest BCUT2D eigenvalue weighted by Gasteiger charge is -2.02. The van der Waals surface area contributed by atoms with E-state index in [1.54, 1.807) is 13.2 Å². The van der Waals surface area contributed by atoms with Crippen LogP contribution in [0, 0.1) is 11.8 Å². The van der Waals surface area contributed by atoms with Gasteiger partial charge in [0.15, 0.2) is 0 Å². The van der Waals surface area contributed by atoms with Crippen molar-refractivity contribution >= 4 is 27.5 Å². The van der Waals surface area contributed by atoms with Crippen LogP contribution >= 0.6 is 27.5 Å². The second-order valence-corrected chi connectivity index (χ2v) is 3.81. The van der Waals surface area contributed by atoms with Crippen LogP contribution in [0.5, 0.6) is 5.75 Å². The first-order valence-corrected chi connectivity index (χ1v) is 5.66. The van der Waals surface area contributed by atoms with Crippen molar-refractivity contribution in [2.24, 2.45) is 0 Å². The maximum Gasteiger partial charge on any atom is 0.134 e. The van der Waals surface area contributed by atoms with Gasteiger partial charge >= 0.3 is 0 Å². The van der Waals surface area contributed by atoms with E-state index in [0.29, 0.717) is 5.02 Å². The SMILES string of the molecule is COc1ccc(Cl)cc1C#CCCBr. The monoisotopic (exact) mass is 272 g/mol. The number of halogens is 2. The van der Waals surface area contributed by atoms with E-state index >= 15 is 0 Å². The Labute approximate surface area is 97.5 Å². The van der Waals surface area contributed by atoms with Gasteiger partial charge in [-0.15, -0.1) is 0 Å². The van der Waals surface area contributed by atoms with Crippen LogP contribution in [0.4, 0.5) is 0 Å². The molecule has 0 aliphatic rings. The number of benzene rings is 1. The summed E-state index contributed by atoms with van der Waals surface area (Å²) >= 11 is 9.17.